The Labute approximate surface area is 117 Å². The van der Waals surface area contributed by atoms with Gasteiger partial charge in [0.05, 0.1) is 0 Å². The maximum absolute atomic E-state index is 3.57. The molecule has 1 N–H and O–H groups in total. The van der Waals surface area contributed by atoms with E-state index in [1.165, 1.54) is 51.4 Å². The van der Waals surface area contributed by atoms with Crippen LogP contribution in [0.4, 0.5) is 0 Å². The fraction of sp³-hybridized carbons (Fsp3) is 0.667. The van der Waals surface area contributed by atoms with Gasteiger partial charge >= 0.3 is 0 Å². The van der Waals surface area contributed by atoms with Crippen LogP contribution in [0.15, 0.2) is 24.3 Å². The van der Waals surface area contributed by atoms with Crippen LogP contribution in [0, 0.1) is 5.92 Å². The number of hydrogen-bond donors (Lipinski definition) is 1. The predicted molar refractivity (Wildman–Crippen MR) is 81.5 cm³/mol. The van der Waals surface area contributed by atoms with E-state index in [9.17, 15) is 0 Å². The van der Waals surface area contributed by atoms with E-state index in [4.69, 9.17) is 0 Å². The highest BCUT2D eigenvalue weighted by Gasteiger charge is 2.28. The van der Waals surface area contributed by atoms with Crippen LogP contribution < -0.4 is 5.32 Å². The Morgan fingerprint density at radius 2 is 1.89 bits per heavy atom. The summed E-state index contributed by atoms with van der Waals surface area (Å²) in [6, 6.07) is 9.93. The number of rotatable bonds is 3. The first-order chi connectivity index (χ1) is 9.38. The number of aryl methyl sites for hydroxylation is 1. The first kappa shape index (κ1) is 13.2. The molecule has 0 aliphatic heterocycles. The number of hydrogen-bond acceptors (Lipinski definition) is 1. The molecule has 3 atom stereocenters. The Morgan fingerprint density at radius 1 is 1.05 bits per heavy atom. The van der Waals surface area contributed by atoms with E-state index in [0.717, 1.165) is 17.9 Å². The molecule has 0 heterocycles. The highest BCUT2D eigenvalue weighted by Crippen LogP contribution is 2.39. The molecule has 19 heavy (non-hydrogen) atoms. The molecule has 0 spiro atoms. The largest absolute Gasteiger partial charge is 0.317 e. The predicted octanol–water partition coefficient (Wildman–Crippen LogP) is 4.27. The van der Waals surface area contributed by atoms with E-state index in [-0.39, 0.29) is 0 Å². The number of benzene rings is 1. The molecular formula is C18H27N. The molecule has 104 valence electrons. The third-order valence-corrected chi connectivity index (χ3v) is 5.36. The van der Waals surface area contributed by atoms with Gasteiger partial charge in [0.25, 0.3) is 0 Å². The SMILES string of the molecule is CNC1CCCCC1CC1CCCc2ccccc21. The lowest BCUT2D eigenvalue weighted by Gasteiger charge is -2.35. The Hall–Kier alpha value is -0.820. The van der Waals surface area contributed by atoms with Crippen LogP contribution in [0.25, 0.3) is 0 Å². The van der Waals surface area contributed by atoms with Crippen LogP contribution in [-0.2, 0) is 6.42 Å². The van der Waals surface area contributed by atoms with Gasteiger partial charge in [-0.25, -0.2) is 0 Å². The van der Waals surface area contributed by atoms with Crippen LogP contribution in [0.2, 0.25) is 0 Å². The molecule has 1 aromatic rings. The molecule has 1 saturated carbocycles. The van der Waals surface area contributed by atoms with Crippen molar-refractivity contribution in [2.45, 2.75) is 63.3 Å². The van der Waals surface area contributed by atoms with Crippen molar-refractivity contribution in [3.63, 3.8) is 0 Å². The van der Waals surface area contributed by atoms with Crippen molar-refractivity contribution >= 4 is 0 Å². The second kappa shape index (κ2) is 6.09. The fourth-order valence-electron chi connectivity index (χ4n) is 4.33. The van der Waals surface area contributed by atoms with Gasteiger partial charge in [0.2, 0.25) is 0 Å². The lowest BCUT2D eigenvalue weighted by atomic mass is 9.73. The van der Waals surface area contributed by atoms with Crippen molar-refractivity contribution in [2.75, 3.05) is 7.05 Å². The third-order valence-electron chi connectivity index (χ3n) is 5.36. The van der Waals surface area contributed by atoms with Gasteiger partial charge in [0.1, 0.15) is 0 Å². The molecule has 0 aromatic heterocycles. The zero-order chi connectivity index (χ0) is 13.1. The lowest BCUT2D eigenvalue weighted by molar-refractivity contribution is 0.240. The maximum Gasteiger partial charge on any atom is 0.00925 e. The highest BCUT2D eigenvalue weighted by molar-refractivity contribution is 5.32. The average Bonchev–Trinajstić information content (AvgIpc) is 2.48. The third kappa shape index (κ3) is 2.86. The summed E-state index contributed by atoms with van der Waals surface area (Å²) >= 11 is 0. The Balaban J connectivity index is 1.73. The van der Waals surface area contributed by atoms with E-state index >= 15 is 0 Å². The Morgan fingerprint density at radius 3 is 2.79 bits per heavy atom. The van der Waals surface area contributed by atoms with Crippen molar-refractivity contribution in [2.24, 2.45) is 5.92 Å². The highest BCUT2D eigenvalue weighted by atomic mass is 14.9. The minimum absolute atomic E-state index is 0.767. The molecule has 1 nitrogen and oxygen atoms in total. The van der Waals surface area contributed by atoms with Gasteiger partial charge in [-0.05, 0) is 68.5 Å². The van der Waals surface area contributed by atoms with E-state index in [1.807, 2.05) is 0 Å². The van der Waals surface area contributed by atoms with Crippen molar-refractivity contribution in [3.05, 3.63) is 35.4 Å². The van der Waals surface area contributed by atoms with E-state index in [1.54, 1.807) is 11.1 Å². The van der Waals surface area contributed by atoms with Crippen molar-refractivity contribution in [1.82, 2.24) is 5.32 Å². The van der Waals surface area contributed by atoms with Crippen LogP contribution in [0.3, 0.4) is 0 Å². The van der Waals surface area contributed by atoms with Gasteiger partial charge in [0.15, 0.2) is 0 Å². The number of fused-ring (bicyclic) bond motifs is 1. The van der Waals surface area contributed by atoms with Gasteiger partial charge in [0, 0.05) is 6.04 Å². The standard InChI is InChI=1S/C18H27N/c1-19-18-12-5-3-8-16(18)13-15-10-6-9-14-7-2-4-11-17(14)15/h2,4,7,11,15-16,18-19H,3,5-6,8-10,12-13H2,1H3. The molecule has 1 aromatic carbocycles. The van der Waals surface area contributed by atoms with E-state index in [2.05, 4.69) is 36.6 Å². The Kier molecular flexibility index (Phi) is 4.22. The molecule has 1 fully saturated rings. The summed E-state index contributed by atoms with van der Waals surface area (Å²) in [5.41, 5.74) is 3.28. The first-order valence-corrected chi connectivity index (χ1v) is 8.13. The molecule has 0 radical (unpaired) electrons. The summed E-state index contributed by atoms with van der Waals surface area (Å²) in [7, 11) is 2.15. The molecule has 3 rings (SSSR count). The van der Waals surface area contributed by atoms with Crippen molar-refractivity contribution in [3.8, 4) is 0 Å². The fourth-order valence-corrected chi connectivity index (χ4v) is 4.33. The summed E-state index contributed by atoms with van der Waals surface area (Å²) in [4.78, 5) is 0. The normalized spacial score (nSPS) is 30.9. The quantitative estimate of drug-likeness (QED) is 0.852. The molecular weight excluding hydrogens is 230 g/mol. The average molecular weight is 257 g/mol. The summed E-state index contributed by atoms with van der Waals surface area (Å²) in [6.07, 6.45) is 11.2. The summed E-state index contributed by atoms with van der Waals surface area (Å²) in [6.45, 7) is 0. The molecule has 2 aliphatic rings. The minimum Gasteiger partial charge on any atom is -0.317 e. The second-order valence-electron chi connectivity index (χ2n) is 6.46. The van der Waals surface area contributed by atoms with Crippen LogP contribution in [0.1, 0.15) is 62.0 Å². The summed E-state index contributed by atoms with van der Waals surface area (Å²) < 4.78 is 0. The summed E-state index contributed by atoms with van der Waals surface area (Å²) in [5.74, 6) is 1.72. The molecule has 2 aliphatic carbocycles. The number of nitrogens with one attached hydrogen (secondary N) is 1. The van der Waals surface area contributed by atoms with Gasteiger partial charge in [-0.3, -0.25) is 0 Å². The van der Waals surface area contributed by atoms with Crippen LogP contribution in [0.5, 0.6) is 0 Å². The monoisotopic (exact) mass is 257 g/mol. The summed E-state index contributed by atoms with van der Waals surface area (Å²) in [5, 5.41) is 3.57. The van der Waals surface area contributed by atoms with Gasteiger partial charge < -0.3 is 5.32 Å². The van der Waals surface area contributed by atoms with Crippen molar-refractivity contribution in [1.29, 1.82) is 0 Å². The van der Waals surface area contributed by atoms with Gasteiger partial charge in [-0.15, -0.1) is 0 Å². The van der Waals surface area contributed by atoms with Crippen LogP contribution in [-0.4, -0.2) is 13.1 Å². The van der Waals surface area contributed by atoms with E-state index < -0.39 is 0 Å². The molecule has 1 heteroatoms. The minimum atomic E-state index is 0.767. The second-order valence-corrected chi connectivity index (χ2v) is 6.46. The first-order valence-electron chi connectivity index (χ1n) is 8.13. The Bertz CT molecular complexity index is 412. The molecule has 0 bridgehead atoms. The maximum atomic E-state index is 3.57. The smallest absolute Gasteiger partial charge is 0.00925 e. The molecule has 0 amide bonds. The lowest BCUT2D eigenvalue weighted by Crippen LogP contribution is -2.37. The zero-order valence-electron chi connectivity index (χ0n) is 12.2. The van der Waals surface area contributed by atoms with Gasteiger partial charge in [-0.1, -0.05) is 37.1 Å². The van der Waals surface area contributed by atoms with E-state index in [0.29, 0.717) is 0 Å². The molecule has 3 unspecified atom stereocenters. The zero-order valence-corrected chi connectivity index (χ0v) is 12.2. The molecule has 0 saturated heterocycles. The topological polar surface area (TPSA) is 12.0 Å². The van der Waals surface area contributed by atoms with Crippen LogP contribution >= 0.6 is 0 Å². The van der Waals surface area contributed by atoms with Gasteiger partial charge in [-0.2, -0.15) is 0 Å². The van der Waals surface area contributed by atoms with Crippen molar-refractivity contribution < 1.29 is 0 Å².